The SMILES string of the molecule is O=C(Nc1ccc(Cc2ccc(NC(=O)c3ccc(OCCc4ccccc4)c(Br)c3)cc2)cc1)c1ccc(OCCc2ccccc2)c(Br)c1. The monoisotopic (exact) mass is 802 g/mol. The van der Waals surface area contributed by atoms with Gasteiger partial charge in [-0.25, -0.2) is 0 Å². The Labute approximate surface area is 315 Å². The van der Waals surface area contributed by atoms with Crippen LogP contribution in [0.25, 0.3) is 0 Å². The van der Waals surface area contributed by atoms with Crippen LogP contribution in [0.1, 0.15) is 43.0 Å². The van der Waals surface area contributed by atoms with Gasteiger partial charge in [-0.05, 0) is 121 Å². The van der Waals surface area contributed by atoms with Crippen LogP contribution in [0.15, 0.2) is 155 Å². The molecule has 256 valence electrons. The Kier molecular flexibility index (Phi) is 12.3. The highest BCUT2D eigenvalue weighted by Crippen LogP contribution is 2.28. The molecule has 0 bridgehead atoms. The number of amides is 2. The van der Waals surface area contributed by atoms with Crippen molar-refractivity contribution in [2.24, 2.45) is 0 Å². The van der Waals surface area contributed by atoms with Crippen LogP contribution in [-0.2, 0) is 19.3 Å². The average molecular weight is 805 g/mol. The minimum atomic E-state index is -0.201. The molecule has 8 heteroatoms. The number of hydrogen-bond donors (Lipinski definition) is 2. The Balaban J connectivity index is 0.956. The third-order valence-electron chi connectivity index (χ3n) is 8.20. The largest absolute Gasteiger partial charge is 0.492 e. The number of carbonyl (C=O) groups excluding carboxylic acids is 2. The average Bonchev–Trinajstić information content (AvgIpc) is 3.15. The van der Waals surface area contributed by atoms with E-state index in [0.717, 1.165) is 32.9 Å². The Hall–Kier alpha value is -5.18. The number of nitrogens with one attached hydrogen (secondary N) is 2. The van der Waals surface area contributed by atoms with Crippen LogP contribution >= 0.6 is 31.9 Å². The van der Waals surface area contributed by atoms with Gasteiger partial charge in [0.15, 0.2) is 0 Å². The lowest BCUT2D eigenvalue weighted by Crippen LogP contribution is -2.12. The highest BCUT2D eigenvalue weighted by atomic mass is 79.9. The fourth-order valence-corrected chi connectivity index (χ4v) is 6.41. The van der Waals surface area contributed by atoms with Crippen LogP contribution in [-0.4, -0.2) is 25.0 Å². The fourth-order valence-electron chi connectivity index (χ4n) is 5.42. The third kappa shape index (κ3) is 10.4. The van der Waals surface area contributed by atoms with Gasteiger partial charge in [0.05, 0.1) is 22.2 Å². The lowest BCUT2D eigenvalue weighted by Gasteiger charge is -2.11. The van der Waals surface area contributed by atoms with Crippen molar-refractivity contribution in [2.45, 2.75) is 19.3 Å². The molecule has 6 nitrogen and oxygen atoms in total. The van der Waals surface area contributed by atoms with Crippen LogP contribution in [0.5, 0.6) is 11.5 Å². The molecule has 2 amide bonds. The highest BCUT2D eigenvalue weighted by Gasteiger charge is 2.12. The molecule has 0 spiro atoms. The third-order valence-corrected chi connectivity index (χ3v) is 9.44. The van der Waals surface area contributed by atoms with Crippen molar-refractivity contribution in [1.82, 2.24) is 0 Å². The molecule has 51 heavy (non-hydrogen) atoms. The molecule has 0 unspecified atom stereocenters. The topological polar surface area (TPSA) is 76.7 Å². The predicted octanol–water partition coefficient (Wildman–Crippen LogP) is 10.5. The molecule has 0 aliphatic heterocycles. The molecule has 6 rings (SSSR count). The van der Waals surface area contributed by atoms with Gasteiger partial charge in [-0.3, -0.25) is 9.59 Å². The summed E-state index contributed by atoms with van der Waals surface area (Å²) in [6.45, 7) is 1.09. The van der Waals surface area contributed by atoms with E-state index >= 15 is 0 Å². The van der Waals surface area contributed by atoms with E-state index in [2.05, 4.69) is 66.8 Å². The van der Waals surface area contributed by atoms with Crippen molar-refractivity contribution in [1.29, 1.82) is 0 Å². The highest BCUT2D eigenvalue weighted by molar-refractivity contribution is 9.11. The van der Waals surface area contributed by atoms with Crippen molar-refractivity contribution >= 4 is 55.0 Å². The van der Waals surface area contributed by atoms with E-state index in [0.29, 0.717) is 53.6 Å². The van der Waals surface area contributed by atoms with Crippen molar-refractivity contribution in [3.05, 3.63) is 188 Å². The van der Waals surface area contributed by atoms with Gasteiger partial charge in [0.1, 0.15) is 11.5 Å². The quantitative estimate of drug-likeness (QED) is 0.115. The summed E-state index contributed by atoms with van der Waals surface area (Å²) >= 11 is 7.08. The zero-order chi connectivity index (χ0) is 35.4. The molecule has 0 aromatic heterocycles. The maximum absolute atomic E-state index is 13.0. The summed E-state index contributed by atoms with van der Waals surface area (Å²) in [5.74, 6) is 0.989. The summed E-state index contributed by atoms with van der Waals surface area (Å²) in [5, 5.41) is 5.94. The Morgan fingerprint density at radius 3 is 1.24 bits per heavy atom. The number of benzene rings is 6. The second-order valence-electron chi connectivity index (χ2n) is 11.9. The molecule has 6 aromatic rings. The Bertz CT molecular complexity index is 1920. The van der Waals surface area contributed by atoms with Crippen LogP contribution in [0, 0.1) is 0 Å². The molecule has 0 fully saturated rings. The number of hydrogen-bond acceptors (Lipinski definition) is 4. The first-order valence-electron chi connectivity index (χ1n) is 16.6. The summed E-state index contributed by atoms with van der Waals surface area (Å²) in [7, 11) is 0. The lowest BCUT2D eigenvalue weighted by atomic mass is 10.0. The summed E-state index contributed by atoms with van der Waals surface area (Å²) in [6, 6.07) is 46.6. The molecule has 0 saturated carbocycles. The first kappa shape index (κ1) is 35.6. The normalized spacial score (nSPS) is 10.7. The molecule has 0 aliphatic carbocycles. The van der Waals surface area contributed by atoms with Crippen LogP contribution < -0.4 is 20.1 Å². The Morgan fingerprint density at radius 2 is 0.863 bits per heavy atom. The fraction of sp³-hybridized carbons (Fsp3) is 0.116. The standard InChI is InChI=1S/C43H36Br2N2O4/c44-38-28-34(15-21-40(38)50-25-23-30-7-3-1-4-8-30)42(48)46-36-17-11-32(12-18-36)27-33-13-19-37(20-14-33)47-43(49)35-16-22-41(39(45)29-35)51-26-24-31-9-5-2-6-10-31/h1-22,28-29H,23-27H2,(H,46,48)(H,47,49). The van der Waals surface area contributed by atoms with Gasteiger partial charge in [-0.15, -0.1) is 0 Å². The van der Waals surface area contributed by atoms with Gasteiger partial charge >= 0.3 is 0 Å². The molecule has 2 N–H and O–H groups in total. The summed E-state index contributed by atoms with van der Waals surface area (Å²) < 4.78 is 13.3. The van der Waals surface area contributed by atoms with Gasteiger partial charge in [-0.1, -0.05) is 84.9 Å². The molecule has 0 heterocycles. The summed E-state index contributed by atoms with van der Waals surface area (Å²) in [4.78, 5) is 25.9. The zero-order valence-electron chi connectivity index (χ0n) is 27.8. The van der Waals surface area contributed by atoms with E-state index in [1.165, 1.54) is 11.1 Å². The van der Waals surface area contributed by atoms with E-state index in [1.807, 2.05) is 97.1 Å². The van der Waals surface area contributed by atoms with E-state index in [9.17, 15) is 9.59 Å². The number of carbonyl (C=O) groups is 2. The van der Waals surface area contributed by atoms with Crippen LogP contribution in [0.2, 0.25) is 0 Å². The van der Waals surface area contributed by atoms with Gasteiger partial charge < -0.3 is 20.1 Å². The molecule has 0 radical (unpaired) electrons. The van der Waals surface area contributed by atoms with Crippen molar-refractivity contribution < 1.29 is 19.1 Å². The van der Waals surface area contributed by atoms with E-state index in [4.69, 9.17) is 9.47 Å². The first-order valence-corrected chi connectivity index (χ1v) is 18.2. The van der Waals surface area contributed by atoms with Crippen LogP contribution in [0.4, 0.5) is 11.4 Å². The molecule has 0 saturated heterocycles. The number of ether oxygens (including phenoxy) is 2. The summed E-state index contributed by atoms with van der Waals surface area (Å²) in [5.41, 5.74) is 7.09. The van der Waals surface area contributed by atoms with E-state index in [1.54, 1.807) is 24.3 Å². The number of rotatable bonds is 14. The predicted molar refractivity (Wildman–Crippen MR) is 211 cm³/mol. The Morgan fingerprint density at radius 1 is 0.471 bits per heavy atom. The van der Waals surface area contributed by atoms with Crippen LogP contribution in [0.3, 0.4) is 0 Å². The van der Waals surface area contributed by atoms with Crippen molar-refractivity contribution in [3.8, 4) is 11.5 Å². The van der Waals surface area contributed by atoms with Gasteiger partial charge in [0, 0.05) is 35.3 Å². The maximum Gasteiger partial charge on any atom is 0.255 e. The van der Waals surface area contributed by atoms with E-state index < -0.39 is 0 Å². The second-order valence-corrected chi connectivity index (χ2v) is 13.6. The van der Waals surface area contributed by atoms with Gasteiger partial charge in [0.25, 0.3) is 11.8 Å². The molecular weight excluding hydrogens is 768 g/mol. The number of halogens is 2. The van der Waals surface area contributed by atoms with E-state index in [-0.39, 0.29) is 11.8 Å². The minimum Gasteiger partial charge on any atom is -0.492 e. The number of anilines is 2. The zero-order valence-corrected chi connectivity index (χ0v) is 31.0. The summed E-state index contributed by atoms with van der Waals surface area (Å²) in [6.07, 6.45) is 2.31. The lowest BCUT2D eigenvalue weighted by molar-refractivity contribution is 0.101. The molecule has 0 aliphatic rings. The van der Waals surface area contributed by atoms with Gasteiger partial charge in [0.2, 0.25) is 0 Å². The molecule has 6 aromatic carbocycles. The van der Waals surface area contributed by atoms with Crippen molar-refractivity contribution in [2.75, 3.05) is 23.8 Å². The molecule has 0 atom stereocenters. The smallest absolute Gasteiger partial charge is 0.255 e. The first-order chi connectivity index (χ1) is 24.9. The van der Waals surface area contributed by atoms with Gasteiger partial charge in [-0.2, -0.15) is 0 Å². The molecular formula is C43H36Br2N2O4. The van der Waals surface area contributed by atoms with Crippen molar-refractivity contribution in [3.63, 3.8) is 0 Å². The second kappa shape index (κ2) is 17.7. The minimum absolute atomic E-state index is 0.201. The maximum atomic E-state index is 13.0.